The van der Waals surface area contributed by atoms with Crippen LogP contribution in [0.2, 0.25) is 0 Å². The average Bonchev–Trinajstić information content (AvgIpc) is 2.51. The highest BCUT2D eigenvalue weighted by atomic mass is 16.5. The summed E-state index contributed by atoms with van der Waals surface area (Å²) in [5.41, 5.74) is 0. The zero-order valence-corrected chi connectivity index (χ0v) is 11.1. The van der Waals surface area contributed by atoms with Crippen molar-refractivity contribution in [3.05, 3.63) is 12.2 Å². The first-order valence-electron chi connectivity index (χ1n) is 6.23. The first-order valence-corrected chi connectivity index (χ1v) is 6.23. The van der Waals surface area contributed by atoms with Gasteiger partial charge in [0.05, 0.1) is 50.0 Å². The van der Waals surface area contributed by atoms with Crippen molar-refractivity contribution in [1.29, 1.82) is 10.5 Å². The van der Waals surface area contributed by atoms with E-state index in [0.717, 1.165) is 0 Å². The first kappa shape index (κ1) is 14.1. The van der Waals surface area contributed by atoms with E-state index in [2.05, 4.69) is 12.1 Å². The zero-order valence-electron chi connectivity index (χ0n) is 11.1. The summed E-state index contributed by atoms with van der Waals surface area (Å²) in [4.78, 5) is 24.0. The van der Waals surface area contributed by atoms with E-state index in [-0.39, 0.29) is 0 Å². The molecule has 3 aliphatic carbocycles. The maximum Gasteiger partial charge on any atom is 0.310 e. The second-order valence-corrected chi connectivity index (χ2v) is 4.95. The molecule has 0 saturated heterocycles. The third-order valence-corrected chi connectivity index (χ3v) is 4.23. The van der Waals surface area contributed by atoms with E-state index in [1.807, 2.05) is 0 Å². The van der Waals surface area contributed by atoms with Crippen LogP contribution >= 0.6 is 0 Å². The number of nitrogens with zero attached hydrogens (tertiary/aromatic N) is 2. The molecule has 20 heavy (non-hydrogen) atoms. The molecule has 6 heteroatoms. The van der Waals surface area contributed by atoms with Crippen LogP contribution in [0.25, 0.3) is 0 Å². The van der Waals surface area contributed by atoms with Gasteiger partial charge in [0.25, 0.3) is 0 Å². The molecule has 6 nitrogen and oxygen atoms in total. The van der Waals surface area contributed by atoms with Crippen LogP contribution in [-0.4, -0.2) is 26.2 Å². The lowest BCUT2D eigenvalue weighted by Gasteiger charge is -2.46. The summed E-state index contributed by atoms with van der Waals surface area (Å²) in [6.45, 7) is 0. The predicted molar refractivity (Wildman–Crippen MR) is 65.3 cm³/mol. The van der Waals surface area contributed by atoms with Crippen molar-refractivity contribution < 1.29 is 19.1 Å². The second kappa shape index (κ2) is 5.34. The van der Waals surface area contributed by atoms with Crippen LogP contribution in [0.1, 0.15) is 0 Å². The van der Waals surface area contributed by atoms with Crippen LogP contribution in [0.15, 0.2) is 12.2 Å². The summed E-state index contributed by atoms with van der Waals surface area (Å²) in [7, 11) is 2.48. The van der Waals surface area contributed by atoms with Crippen molar-refractivity contribution in [2.75, 3.05) is 14.2 Å². The number of fused-ring (bicyclic) bond motifs is 2. The molecule has 0 N–H and O–H groups in total. The summed E-state index contributed by atoms with van der Waals surface area (Å²) in [6.07, 6.45) is 3.49. The molecule has 1 fully saturated rings. The van der Waals surface area contributed by atoms with Gasteiger partial charge < -0.3 is 9.47 Å². The van der Waals surface area contributed by atoms with E-state index in [1.165, 1.54) is 14.2 Å². The van der Waals surface area contributed by atoms with E-state index in [1.54, 1.807) is 12.2 Å². The topological polar surface area (TPSA) is 100 Å². The van der Waals surface area contributed by atoms with Crippen molar-refractivity contribution in [2.24, 2.45) is 35.5 Å². The molecular weight excluding hydrogens is 260 g/mol. The van der Waals surface area contributed by atoms with E-state index >= 15 is 0 Å². The van der Waals surface area contributed by atoms with Crippen LogP contribution in [0.5, 0.6) is 0 Å². The Kier molecular flexibility index (Phi) is 3.76. The SMILES string of the molecule is COC(=O)C1C2C=CC(C(C#N)C2C#N)C1C(=O)OC. The molecule has 6 unspecified atom stereocenters. The van der Waals surface area contributed by atoms with E-state index in [9.17, 15) is 20.1 Å². The minimum absolute atomic E-state index is 0.494. The first-order chi connectivity index (χ1) is 9.60. The van der Waals surface area contributed by atoms with Crippen LogP contribution in [0.3, 0.4) is 0 Å². The van der Waals surface area contributed by atoms with Gasteiger partial charge in [0.2, 0.25) is 0 Å². The van der Waals surface area contributed by atoms with Crippen LogP contribution in [-0.2, 0) is 19.1 Å². The van der Waals surface area contributed by atoms with E-state index in [0.29, 0.717) is 0 Å². The summed E-state index contributed by atoms with van der Waals surface area (Å²) in [5, 5.41) is 18.5. The maximum atomic E-state index is 12.0. The molecule has 0 amide bonds. The number of esters is 2. The molecule has 3 aliphatic rings. The predicted octanol–water partition coefficient (Wildman–Crippen LogP) is 0.660. The Balaban J connectivity index is 2.49. The number of hydrogen-bond donors (Lipinski definition) is 0. The fourth-order valence-corrected chi connectivity index (χ4v) is 3.35. The lowest BCUT2D eigenvalue weighted by Crippen LogP contribution is -2.53. The number of rotatable bonds is 2. The van der Waals surface area contributed by atoms with E-state index < -0.39 is 47.4 Å². The molecule has 0 spiro atoms. The molecule has 0 radical (unpaired) electrons. The third kappa shape index (κ3) is 1.85. The molecule has 1 saturated carbocycles. The van der Waals surface area contributed by atoms with Gasteiger partial charge >= 0.3 is 11.9 Å². The fourth-order valence-electron chi connectivity index (χ4n) is 3.35. The lowest BCUT2D eigenvalue weighted by molar-refractivity contribution is -0.166. The number of nitriles is 2. The molecule has 6 atom stereocenters. The van der Waals surface area contributed by atoms with Gasteiger partial charge in [-0.3, -0.25) is 9.59 Å². The number of hydrogen-bond acceptors (Lipinski definition) is 6. The minimum atomic E-state index is -0.767. The molecule has 0 heterocycles. The van der Waals surface area contributed by atoms with Gasteiger partial charge in [0.1, 0.15) is 0 Å². The molecule has 2 bridgehead atoms. The van der Waals surface area contributed by atoms with Gasteiger partial charge in [-0.05, 0) is 0 Å². The summed E-state index contributed by atoms with van der Waals surface area (Å²) >= 11 is 0. The van der Waals surface area contributed by atoms with Crippen LogP contribution in [0, 0.1) is 58.2 Å². The van der Waals surface area contributed by atoms with Gasteiger partial charge in [-0.15, -0.1) is 0 Å². The molecule has 0 aromatic carbocycles. The second-order valence-electron chi connectivity index (χ2n) is 4.95. The van der Waals surface area contributed by atoms with Crippen molar-refractivity contribution in [3.8, 4) is 12.1 Å². The Labute approximate surface area is 116 Å². The van der Waals surface area contributed by atoms with Crippen molar-refractivity contribution in [3.63, 3.8) is 0 Å². The van der Waals surface area contributed by atoms with Gasteiger partial charge in [-0.1, -0.05) is 12.2 Å². The Morgan fingerprint density at radius 3 is 1.50 bits per heavy atom. The Bertz CT molecular complexity index is 494. The lowest BCUT2D eigenvalue weighted by atomic mass is 9.53. The molecule has 0 aromatic heterocycles. The quantitative estimate of drug-likeness (QED) is 0.541. The van der Waals surface area contributed by atoms with Gasteiger partial charge in [-0.2, -0.15) is 10.5 Å². The van der Waals surface area contributed by atoms with Crippen molar-refractivity contribution in [2.45, 2.75) is 0 Å². The number of allylic oxidation sites excluding steroid dienone is 2. The average molecular weight is 274 g/mol. The van der Waals surface area contributed by atoms with Crippen LogP contribution < -0.4 is 0 Å². The Morgan fingerprint density at radius 2 is 1.25 bits per heavy atom. The molecule has 3 rings (SSSR count). The standard InChI is InChI=1S/C14H14N2O4/c1-19-13(17)11-7-3-4-8(12(11)14(18)20-2)10(6-16)9(7)5-15/h3-4,7-12H,1-2H3. The summed E-state index contributed by atoms with van der Waals surface area (Å²) in [5.74, 6) is -4.83. The van der Waals surface area contributed by atoms with Crippen molar-refractivity contribution in [1.82, 2.24) is 0 Å². The largest absolute Gasteiger partial charge is 0.469 e. The summed E-state index contributed by atoms with van der Waals surface area (Å²) in [6, 6.07) is 4.18. The molecule has 0 aromatic rings. The van der Waals surface area contributed by atoms with E-state index in [4.69, 9.17) is 9.47 Å². The summed E-state index contributed by atoms with van der Waals surface area (Å²) < 4.78 is 9.51. The van der Waals surface area contributed by atoms with Crippen LogP contribution in [0.4, 0.5) is 0 Å². The monoisotopic (exact) mass is 274 g/mol. The smallest absolute Gasteiger partial charge is 0.310 e. The number of methoxy groups -OCH3 is 2. The number of ether oxygens (including phenoxy) is 2. The van der Waals surface area contributed by atoms with Gasteiger partial charge in [0, 0.05) is 11.8 Å². The Hall–Kier alpha value is -2.34. The number of carbonyl (C=O) groups excluding carboxylic acids is 2. The third-order valence-electron chi connectivity index (χ3n) is 4.23. The zero-order chi connectivity index (χ0) is 14.9. The highest BCUT2D eigenvalue weighted by Gasteiger charge is 2.58. The minimum Gasteiger partial charge on any atom is -0.469 e. The van der Waals surface area contributed by atoms with Gasteiger partial charge in [-0.25, -0.2) is 0 Å². The van der Waals surface area contributed by atoms with Crippen molar-refractivity contribution >= 4 is 11.9 Å². The normalized spacial score (nSPS) is 37.6. The van der Waals surface area contributed by atoms with Gasteiger partial charge in [0.15, 0.2) is 0 Å². The fraction of sp³-hybridized carbons (Fsp3) is 0.571. The molecular formula is C14H14N2O4. The highest BCUT2D eigenvalue weighted by molar-refractivity contribution is 5.84. The molecule has 0 aliphatic heterocycles. The highest BCUT2D eigenvalue weighted by Crippen LogP contribution is 2.51. The molecule has 104 valence electrons. The number of carbonyl (C=O) groups is 2. The maximum absolute atomic E-state index is 12.0. The Morgan fingerprint density at radius 1 is 0.900 bits per heavy atom.